The molecule has 220 valence electrons. The summed E-state index contributed by atoms with van der Waals surface area (Å²) >= 11 is 0. The van der Waals surface area contributed by atoms with Crippen LogP contribution in [0.1, 0.15) is 46.5 Å². The van der Waals surface area contributed by atoms with E-state index in [0.717, 1.165) is 19.3 Å². The zero-order valence-corrected chi connectivity index (χ0v) is 22.7. The smallest absolute Gasteiger partial charge is 0.185 e. The minimum Gasteiger partial charge on any atom is -0.388 e. The molecule has 4 rings (SSSR count). The molecule has 3 aliphatic heterocycles. The molecule has 13 heteroatoms. The van der Waals surface area contributed by atoms with Gasteiger partial charge in [0.15, 0.2) is 18.2 Å². The van der Waals surface area contributed by atoms with Gasteiger partial charge >= 0.3 is 0 Å². The highest BCUT2D eigenvalue weighted by Crippen LogP contribution is 2.36. The highest BCUT2D eigenvalue weighted by atomic mass is 16.7. The van der Waals surface area contributed by atoms with Crippen molar-refractivity contribution in [3.63, 3.8) is 0 Å². The average molecular weight is 547 g/mol. The summed E-state index contributed by atoms with van der Waals surface area (Å²) in [6.45, 7) is 5.48. The summed E-state index contributed by atoms with van der Waals surface area (Å²) in [6, 6.07) is -1.76. The van der Waals surface area contributed by atoms with E-state index in [2.05, 4.69) is 10.3 Å². The molecular weight excluding hydrogens is 500 g/mol. The van der Waals surface area contributed by atoms with Gasteiger partial charge in [-0.3, -0.25) is 4.99 Å². The Morgan fingerprint density at radius 1 is 1.08 bits per heavy atom. The lowest BCUT2D eigenvalue weighted by Crippen LogP contribution is -2.67. The van der Waals surface area contributed by atoms with Gasteiger partial charge in [0.1, 0.15) is 29.7 Å². The number of hydrogen-bond acceptors (Lipinski definition) is 12. The van der Waals surface area contributed by atoms with Crippen LogP contribution in [0.15, 0.2) is 4.99 Å². The Morgan fingerprint density at radius 2 is 1.76 bits per heavy atom. The first-order valence-electron chi connectivity index (χ1n) is 13.6. The van der Waals surface area contributed by atoms with E-state index in [9.17, 15) is 20.4 Å². The van der Waals surface area contributed by atoms with E-state index < -0.39 is 60.3 Å². The number of aliphatic hydroxyl groups is 4. The van der Waals surface area contributed by atoms with Crippen molar-refractivity contribution in [3.05, 3.63) is 0 Å². The minimum absolute atomic E-state index is 0.00862. The van der Waals surface area contributed by atoms with Gasteiger partial charge in [-0.15, -0.1) is 0 Å². The summed E-state index contributed by atoms with van der Waals surface area (Å²) in [4.78, 5) is 4.56. The van der Waals surface area contributed by atoms with Gasteiger partial charge in [0.25, 0.3) is 0 Å². The van der Waals surface area contributed by atoms with Crippen LogP contribution in [0.4, 0.5) is 0 Å². The normalized spacial score (nSPS) is 47.9. The Morgan fingerprint density at radius 3 is 2.37 bits per heavy atom. The summed E-state index contributed by atoms with van der Waals surface area (Å²) in [5, 5.41) is 46.7. The summed E-state index contributed by atoms with van der Waals surface area (Å²) in [6.07, 6.45) is -3.18. The van der Waals surface area contributed by atoms with E-state index in [1.807, 2.05) is 13.8 Å². The zero-order valence-electron chi connectivity index (χ0n) is 22.7. The SMILES string of the molecule is CC[C@@H]1CCC(N)[C@@H](OC2C(O)C(O[C@H]3OCC(C)(O)[C@H](NC)C3O)[C@H](N=C(N)C3(O)COC3)C[C@@H]2C)O1. The molecule has 0 spiro atoms. The molecule has 3 heterocycles. The van der Waals surface area contributed by atoms with Crippen LogP contribution in [0.25, 0.3) is 0 Å². The molecule has 0 bridgehead atoms. The third-order valence-corrected chi connectivity index (χ3v) is 8.37. The Bertz CT molecular complexity index is 829. The molecule has 0 aromatic heterocycles. The maximum Gasteiger partial charge on any atom is 0.185 e. The lowest BCUT2D eigenvalue weighted by Gasteiger charge is -2.48. The molecule has 0 amide bonds. The van der Waals surface area contributed by atoms with E-state index in [-0.39, 0.29) is 43.7 Å². The summed E-state index contributed by atoms with van der Waals surface area (Å²) < 4.78 is 29.4. The first-order chi connectivity index (χ1) is 17.9. The molecule has 12 atom stereocenters. The number of hydrogen-bond donors (Lipinski definition) is 7. The Balaban J connectivity index is 1.57. The van der Waals surface area contributed by atoms with E-state index in [4.69, 9.17) is 35.2 Å². The summed E-state index contributed by atoms with van der Waals surface area (Å²) in [7, 11) is 1.62. The first-order valence-corrected chi connectivity index (χ1v) is 13.6. The zero-order chi connectivity index (χ0) is 27.8. The van der Waals surface area contributed by atoms with Crippen molar-refractivity contribution in [2.75, 3.05) is 26.9 Å². The molecule has 1 aliphatic carbocycles. The highest BCUT2D eigenvalue weighted by molar-refractivity contribution is 5.90. The molecule has 3 saturated heterocycles. The van der Waals surface area contributed by atoms with Gasteiger partial charge in [0.2, 0.25) is 0 Å². The van der Waals surface area contributed by atoms with E-state index in [1.54, 1.807) is 14.0 Å². The van der Waals surface area contributed by atoms with E-state index in [1.165, 1.54) is 0 Å². The van der Waals surface area contributed by atoms with Crippen LogP contribution >= 0.6 is 0 Å². The van der Waals surface area contributed by atoms with Gasteiger partial charge in [-0.25, -0.2) is 0 Å². The van der Waals surface area contributed by atoms with E-state index >= 15 is 0 Å². The second-order valence-corrected chi connectivity index (χ2v) is 11.6. The Hall–Kier alpha value is -0.970. The summed E-state index contributed by atoms with van der Waals surface area (Å²) in [5.74, 6) is -0.204. The second-order valence-electron chi connectivity index (χ2n) is 11.6. The van der Waals surface area contributed by atoms with Crippen LogP contribution in [0, 0.1) is 5.92 Å². The van der Waals surface area contributed by atoms with Crippen molar-refractivity contribution >= 4 is 5.84 Å². The number of likely N-dealkylation sites (N-methyl/N-ethyl adjacent to an activating group) is 1. The number of aliphatic hydroxyl groups excluding tert-OH is 2. The first kappa shape index (κ1) is 30.0. The number of nitrogens with one attached hydrogen (secondary N) is 1. The minimum atomic E-state index is -1.37. The third-order valence-electron chi connectivity index (χ3n) is 8.37. The predicted octanol–water partition coefficient (Wildman–Crippen LogP) is -2.06. The van der Waals surface area contributed by atoms with Crippen LogP contribution in [0.3, 0.4) is 0 Å². The Kier molecular flexibility index (Phi) is 9.37. The number of amidine groups is 1. The fourth-order valence-corrected chi connectivity index (χ4v) is 5.84. The van der Waals surface area contributed by atoms with Gasteiger partial charge in [0.05, 0.1) is 50.2 Å². The quantitative estimate of drug-likeness (QED) is 0.130. The number of ether oxygens (including phenoxy) is 5. The van der Waals surface area contributed by atoms with Gasteiger partial charge in [-0.2, -0.15) is 0 Å². The van der Waals surface area contributed by atoms with E-state index in [0.29, 0.717) is 6.42 Å². The van der Waals surface area contributed by atoms with Crippen LogP contribution in [-0.2, 0) is 23.7 Å². The standard InChI is InChI=1S/C25H46N4O9/c1-5-13-6-7-14(26)21(36-13)37-18-12(2)8-15(29-23(27)25(33)10-34-11-25)19(16(18)30)38-22-17(31)20(28-4)24(3,32)9-35-22/h12-22,28,30-33H,5-11,26H2,1-4H3,(H2,27,29)/t12-,13+,14?,15+,16?,17?,18?,19?,20+,21+,22+,24?/m0/s1. The molecule has 0 aromatic carbocycles. The van der Waals surface area contributed by atoms with Crippen molar-refractivity contribution in [1.82, 2.24) is 5.32 Å². The molecule has 4 aliphatic rings. The molecule has 0 aromatic rings. The topological polar surface area (TPSA) is 204 Å². The van der Waals surface area contributed by atoms with Crippen LogP contribution < -0.4 is 16.8 Å². The second kappa shape index (κ2) is 11.9. The number of nitrogens with two attached hydrogens (primary N) is 2. The van der Waals surface area contributed by atoms with Crippen LogP contribution in [0.2, 0.25) is 0 Å². The van der Waals surface area contributed by atoms with Crippen LogP contribution in [0.5, 0.6) is 0 Å². The van der Waals surface area contributed by atoms with Gasteiger partial charge in [-0.05, 0) is 45.6 Å². The third kappa shape index (κ3) is 6.03. The fourth-order valence-electron chi connectivity index (χ4n) is 5.84. The van der Waals surface area contributed by atoms with Crippen molar-refractivity contribution < 1.29 is 44.1 Å². The molecule has 38 heavy (non-hydrogen) atoms. The van der Waals surface area contributed by atoms with Crippen molar-refractivity contribution in [2.24, 2.45) is 22.4 Å². The fraction of sp³-hybridized carbons (Fsp3) is 0.960. The maximum absolute atomic E-state index is 11.6. The predicted molar refractivity (Wildman–Crippen MR) is 136 cm³/mol. The Labute approximate surface area is 223 Å². The molecule has 6 unspecified atom stereocenters. The highest BCUT2D eigenvalue weighted by Gasteiger charge is 2.52. The molecule has 4 fully saturated rings. The molecule has 9 N–H and O–H groups in total. The molecular formula is C25H46N4O9. The van der Waals surface area contributed by atoms with Crippen molar-refractivity contribution in [3.8, 4) is 0 Å². The largest absolute Gasteiger partial charge is 0.388 e. The molecule has 0 radical (unpaired) electrons. The van der Waals surface area contributed by atoms with Crippen molar-refractivity contribution in [1.29, 1.82) is 0 Å². The maximum atomic E-state index is 11.6. The van der Waals surface area contributed by atoms with Gasteiger partial charge < -0.3 is 60.9 Å². The average Bonchev–Trinajstić information content (AvgIpc) is 2.84. The lowest BCUT2D eigenvalue weighted by molar-refractivity contribution is -0.309. The van der Waals surface area contributed by atoms with Gasteiger partial charge in [-0.1, -0.05) is 13.8 Å². The van der Waals surface area contributed by atoms with Gasteiger partial charge in [0, 0.05) is 0 Å². The van der Waals surface area contributed by atoms with Crippen molar-refractivity contribution in [2.45, 2.75) is 119 Å². The van der Waals surface area contributed by atoms with Crippen LogP contribution in [-0.4, -0.2) is 126 Å². The lowest BCUT2D eigenvalue weighted by atomic mass is 9.80. The number of nitrogens with zero attached hydrogens (tertiary/aromatic N) is 1. The number of rotatable bonds is 8. The molecule has 13 nitrogen and oxygen atoms in total. The monoisotopic (exact) mass is 546 g/mol. The number of aliphatic imine (C=N–C) groups is 1. The summed E-state index contributed by atoms with van der Waals surface area (Å²) in [5.41, 5.74) is 9.75. The molecule has 1 saturated carbocycles.